The van der Waals surface area contributed by atoms with Crippen LogP contribution in [0.2, 0.25) is 0 Å². The fourth-order valence-corrected chi connectivity index (χ4v) is 4.38. The highest BCUT2D eigenvalue weighted by Crippen LogP contribution is 2.25. The fourth-order valence-electron chi connectivity index (χ4n) is 2.91. The molecule has 1 aliphatic heterocycles. The van der Waals surface area contributed by atoms with Crippen LogP contribution in [0.25, 0.3) is 0 Å². The van der Waals surface area contributed by atoms with Crippen LogP contribution in [0.3, 0.4) is 0 Å². The number of sulfonamides is 1. The third-order valence-corrected chi connectivity index (χ3v) is 6.25. The molecule has 1 aromatic carbocycles. The van der Waals surface area contributed by atoms with Gasteiger partial charge in [-0.05, 0) is 49.8 Å². The van der Waals surface area contributed by atoms with E-state index >= 15 is 0 Å². The summed E-state index contributed by atoms with van der Waals surface area (Å²) in [7, 11) is -3.35. The predicted octanol–water partition coefficient (Wildman–Crippen LogP) is 2.39. The number of aryl methyl sites for hydroxylation is 1. The van der Waals surface area contributed by atoms with Crippen LogP contribution in [0.15, 0.2) is 29.2 Å². The first kappa shape index (κ1) is 16.5. The molecular formula is C16H26N2O2S. The maximum Gasteiger partial charge on any atom is 0.243 e. The van der Waals surface area contributed by atoms with Crippen molar-refractivity contribution in [3.05, 3.63) is 29.8 Å². The number of hydrogen-bond donors (Lipinski definition) is 1. The van der Waals surface area contributed by atoms with Crippen LogP contribution in [-0.2, 0) is 16.4 Å². The van der Waals surface area contributed by atoms with Crippen molar-refractivity contribution < 1.29 is 8.42 Å². The molecule has 0 spiro atoms. The molecule has 1 saturated heterocycles. The van der Waals surface area contributed by atoms with Gasteiger partial charge < -0.3 is 5.73 Å². The standard InChI is InChI=1S/C16H26N2O2S/c1-3-4-14-5-7-16(8-6-14)21(19,20)18-11-9-15(10-12-18)13(2)17/h5-8,13,15H,3-4,9-12,17H2,1-2H3. The van der Waals surface area contributed by atoms with Gasteiger partial charge in [0.15, 0.2) is 0 Å². The molecule has 118 valence electrons. The van der Waals surface area contributed by atoms with E-state index in [1.54, 1.807) is 16.4 Å². The minimum atomic E-state index is -3.35. The van der Waals surface area contributed by atoms with Gasteiger partial charge >= 0.3 is 0 Å². The van der Waals surface area contributed by atoms with E-state index in [0.29, 0.717) is 23.9 Å². The lowest BCUT2D eigenvalue weighted by Crippen LogP contribution is -2.42. The molecule has 0 radical (unpaired) electrons. The molecular weight excluding hydrogens is 284 g/mol. The molecule has 1 unspecified atom stereocenters. The summed E-state index contributed by atoms with van der Waals surface area (Å²) in [5.74, 6) is 0.434. The van der Waals surface area contributed by atoms with Crippen molar-refractivity contribution in [3.8, 4) is 0 Å². The highest BCUT2D eigenvalue weighted by Gasteiger charge is 2.30. The van der Waals surface area contributed by atoms with Gasteiger partial charge in [0, 0.05) is 19.1 Å². The van der Waals surface area contributed by atoms with E-state index in [4.69, 9.17) is 5.73 Å². The van der Waals surface area contributed by atoms with Crippen LogP contribution in [0.4, 0.5) is 0 Å². The monoisotopic (exact) mass is 310 g/mol. The molecule has 1 aliphatic rings. The zero-order valence-corrected chi connectivity index (χ0v) is 13.8. The second kappa shape index (κ2) is 6.90. The van der Waals surface area contributed by atoms with Crippen LogP contribution >= 0.6 is 0 Å². The minimum absolute atomic E-state index is 0.142. The van der Waals surface area contributed by atoms with E-state index in [-0.39, 0.29) is 6.04 Å². The Kier molecular flexibility index (Phi) is 5.41. The number of nitrogens with zero attached hydrogens (tertiary/aromatic N) is 1. The van der Waals surface area contributed by atoms with Gasteiger partial charge in [0.25, 0.3) is 0 Å². The van der Waals surface area contributed by atoms with E-state index in [1.807, 2.05) is 19.1 Å². The Labute approximate surface area is 128 Å². The van der Waals surface area contributed by atoms with E-state index in [2.05, 4.69) is 6.92 Å². The second-order valence-electron chi connectivity index (χ2n) is 5.99. The first-order valence-corrected chi connectivity index (χ1v) is 9.24. The smallest absolute Gasteiger partial charge is 0.243 e. The van der Waals surface area contributed by atoms with Crippen LogP contribution in [0, 0.1) is 5.92 Å². The van der Waals surface area contributed by atoms with Gasteiger partial charge in [-0.2, -0.15) is 4.31 Å². The van der Waals surface area contributed by atoms with Gasteiger partial charge in [-0.3, -0.25) is 0 Å². The average molecular weight is 310 g/mol. The van der Waals surface area contributed by atoms with Gasteiger partial charge in [0.05, 0.1) is 4.90 Å². The number of nitrogens with two attached hydrogens (primary N) is 1. The lowest BCUT2D eigenvalue weighted by atomic mass is 9.92. The van der Waals surface area contributed by atoms with Gasteiger partial charge in [-0.25, -0.2) is 8.42 Å². The van der Waals surface area contributed by atoms with Crippen molar-refractivity contribution >= 4 is 10.0 Å². The van der Waals surface area contributed by atoms with Gasteiger partial charge in [0.1, 0.15) is 0 Å². The van der Waals surface area contributed by atoms with Crippen LogP contribution in [0.5, 0.6) is 0 Å². The van der Waals surface area contributed by atoms with Crippen molar-refractivity contribution in [2.24, 2.45) is 11.7 Å². The maximum absolute atomic E-state index is 12.6. The SMILES string of the molecule is CCCc1ccc(S(=O)(=O)N2CCC(C(C)N)CC2)cc1. The predicted molar refractivity (Wildman–Crippen MR) is 85.6 cm³/mol. The Morgan fingerprint density at radius 3 is 2.29 bits per heavy atom. The summed E-state index contributed by atoms with van der Waals surface area (Å²) in [6.07, 6.45) is 3.76. The summed E-state index contributed by atoms with van der Waals surface area (Å²) < 4.78 is 26.9. The maximum atomic E-state index is 12.6. The summed E-state index contributed by atoms with van der Waals surface area (Å²) in [6, 6.07) is 7.45. The molecule has 1 aromatic rings. The first-order valence-electron chi connectivity index (χ1n) is 7.80. The molecule has 0 aliphatic carbocycles. The summed E-state index contributed by atoms with van der Waals surface area (Å²) in [6.45, 7) is 5.27. The zero-order valence-electron chi connectivity index (χ0n) is 13.0. The molecule has 1 heterocycles. The summed E-state index contributed by atoms with van der Waals surface area (Å²) >= 11 is 0. The molecule has 0 aromatic heterocycles. The quantitative estimate of drug-likeness (QED) is 0.908. The third-order valence-electron chi connectivity index (χ3n) is 4.34. The van der Waals surface area contributed by atoms with Crippen molar-refractivity contribution in [2.75, 3.05) is 13.1 Å². The Morgan fingerprint density at radius 2 is 1.81 bits per heavy atom. The number of benzene rings is 1. The fraction of sp³-hybridized carbons (Fsp3) is 0.625. The summed E-state index contributed by atoms with van der Waals surface area (Å²) in [4.78, 5) is 0.404. The lowest BCUT2D eigenvalue weighted by molar-refractivity contribution is 0.250. The summed E-state index contributed by atoms with van der Waals surface area (Å²) in [5, 5.41) is 0. The summed E-state index contributed by atoms with van der Waals surface area (Å²) in [5.41, 5.74) is 7.10. The van der Waals surface area contributed by atoms with E-state index in [9.17, 15) is 8.42 Å². The molecule has 21 heavy (non-hydrogen) atoms. The Balaban J connectivity index is 2.08. The Morgan fingerprint density at radius 1 is 1.24 bits per heavy atom. The average Bonchev–Trinajstić information content (AvgIpc) is 2.48. The first-order chi connectivity index (χ1) is 9.95. The van der Waals surface area contributed by atoms with E-state index in [1.165, 1.54) is 5.56 Å². The normalized spacial score (nSPS) is 19.6. The Bertz CT molecular complexity index is 544. The van der Waals surface area contributed by atoms with E-state index in [0.717, 1.165) is 25.7 Å². The molecule has 2 rings (SSSR count). The minimum Gasteiger partial charge on any atom is -0.328 e. The molecule has 1 atom stereocenters. The van der Waals surface area contributed by atoms with Crippen molar-refractivity contribution in [3.63, 3.8) is 0 Å². The van der Waals surface area contributed by atoms with Gasteiger partial charge in [-0.1, -0.05) is 25.5 Å². The molecule has 1 fully saturated rings. The highest BCUT2D eigenvalue weighted by atomic mass is 32.2. The molecule has 0 amide bonds. The Hall–Kier alpha value is -0.910. The molecule has 5 heteroatoms. The van der Waals surface area contributed by atoms with E-state index < -0.39 is 10.0 Å². The molecule has 0 saturated carbocycles. The third kappa shape index (κ3) is 3.84. The topological polar surface area (TPSA) is 63.4 Å². The highest BCUT2D eigenvalue weighted by molar-refractivity contribution is 7.89. The second-order valence-corrected chi connectivity index (χ2v) is 7.93. The largest absolute Gasteiger partial charge is 0.328 e. The lowest BCUT2D eigenvalue weighted by Gasteiger charge is -2.32. The molecule has 2 N–H and O–H groups in total. The number of hydrogen-bond acceptors (Lipinski definition) is 3. The molecule has 4 nitrogen and oxygen atoms in total. The molecule has 0 bridgehead atoms. The van der Waals surface area contributed by atoms with Gasteiger partial charge in [0.2, 0.25) is 10.0 Å². The number of piperidine rings is 1. The van der Waals surface area contributed by atoms with Gasteiger partial charge in [-0.15, -0.1) is 0 Å². The van der Waals surface area contributed by atoms with Crippen LogP contribution < -0.4 is 5.73 Å². The van der Waals surface area contributed by atoms with Crippen molar-refractivity contribution in [1.29, 1.82) is 0 Å². The van der Waals surface area contributed by atoms with Crippen molar-refractivity contribution in [1.82, 2.24) is 4.31 Å². The van der Waals surface area contributed by atoms with Crippen molar-refractivity contribution in [2.45, 2.75) is 50.5 Å². The van der Waals surface area contributed by atoms with Crippen LogP contribution in [0.1, 0.15) is 38.7 Å². The van der Waals surface area contributed by atoms with Crippen LogP contribution in [-0.4, -0.2) is 31.9 Å². The zero-order chi connectivity index (χ0) is 15.5. The number of rotatable bonds is 5.